The predicted molar refractivity (Wildman–Crippen MR) is 86.7 cm³/mol. The average Bonchev–Trinajstić information content (AvgIpc) is 2.34. The maximum Gasteiger partial charge on any atom is 0.282 e. The smallest absolute Gasteiger partial charge is 0.282 e. The molecule has 0 saturated carbocycles. The highest BCUT2D eigenvalue weighted by molar-refractivity contribution is 14.1. The van der Waals surface area contributed by atoms with Crippen molar-refractivity contribution in [2.75, 3.05) is 24.0 Å². The Balaban J connectivity index is 2.96. The van der Waals surface area contributed by atoms with Gasteiger partial charge in [-0.25, -0.2) is 0 Å². The van der Waals surface area contributed by atoms with Crippen LogP contribution in [0, 0.1) is 13.7 Å². The number of halogens is 1. The third-order valence-corrected chi connectivity index (χ3v) is 4.50. The van der Waals surface area contributed by atoms with E-state index in [9.17, 15) is 10.1 Å². The fourth-order valence-corrected chi connectivity index (χ4v) is 3.31. The van der Waals surface area contributed by atoms with Crippen molar-refractivity contribution >= 4 is 45.7 Å². The molecule has 0 radical (unpaired) electrons. The second-order valence-electron chi connectivity index (χ2n) is 4.02. The van der Waals surface area contributed by atoms with Gasteiger partial charge in [-0.1, -0.05) is 6.92 Å². The van der Waals surface area contributed by atoms with Crippen molar-refractivity contribution in [3.63, 3.8) is 0 Å². The standard InChI is InChI=1S/C12H17IN2O2S/c1-4-9(8-18-3)14(2)10-5-6-12(15(16)17)11(13)7-10/h5-7,9H,4,8H2,1-3H3. The maximum absolute atomic E-state index is 10.8. The molecule has 4 nitrogen and oxygen atoms in total. The van der Waals surface area contributed by atoms with Gasteiger partial charge in [-0.3, -0.25) is 10.1 Å². The Morgan fingerprint density at radius 2 is 2.22 bits per heavy atom. The lowest BCUT2D eigenvalue weighted by Gasteiger charge is -2.28. The summed E-state index contributed by atoms with van der Waals surface area (Å²) in [5, 5.41) is 10.8. The first-order chi connectivity index (χ1) is 8.51. The highest BCUT2D eigenvalue weighted by Gasteiger charge is 2.17. The fourth-order valence-electron chi connectivity index (χ4n) is 1.77. The Morgan fingerprint density at radius 3 is 2.67 bits per heavy atom. The lowest BCUT2D eigenvalue weighted by Crippen LogP contribution is -2.33. The molecule has 100 valence electrons. The van der Waals surface area contributed by atoms with Crippen LogP contribution in [0.5, 0.6) is 0 Å². The predicted octanol–water partition coefficient (Wildman–Crippen LogP) is 3.78. The van der Waals surface area contributed by atoms with Gasteiger partial charge in [0.15, 0.2) is 0 Å². The zero-order valence-electron chi connectivity index (χ0n) is 10.7. The summed E-state index contributed by atoms with van der Waals surface area (Å²) in [6.45, 7) is 2.16. The lowest BCUT2D eigenvalue weighted by atomic mass is 10.2. The molecule has 0 heterocycles. The van der Waals surface area contributed by atoms with E-state index < -0.39 is 0 Å². The zero-order chi connectivity index (χ0) is 13.7. The molecule has 0 aromatic heterocycles. The van der Waals surface area contributed by atoms with Gasteiger partial charge < -0.3 is 4.90 Å². The number of nitro benzene ring substituents is 1. The number of nitrogens with zero attached hydrogens (tertiary/aromatic N) is 2. The van der Waals surface area contributed by atoms with Crippen molar-refractivity contribution in [2.45, 2.75) is 19.4 Å². The second kappa shape index (κ2) is 7.18. The fraction of sp³-hybridized carbons (Fsp3) is 0.500. The SMILES string of the molecule is CCC(CSC)N(C)c1ccc([N+](=O)[O-])c(I)c1. The molecule has 0 aliphatic rings. The molecule has 0 aliphatic carbocycles. The molecular weight excluding hydrogens is 363 g/mol. The maximum atomic E-state index is 10.8. The van der Waals surface area contributed by atoms with Gasteiger partial charge in [0, 0.05) is 30.6 Å². The van der Waals surface area contributed by atoms with Crippen molar-refractivity contribution in [1.82, 2.24) is 0 Å². The van der Waals surface area contributed by atoms with E-state index in [1.54, 1.807) is 6.07 Å². The Bertz CT molecular complexity index is 429. The summed E-state index contributed by atoms with van der Waals surface area (Å²) in [7, 11) is 2.04. The summed E-state index contributed by atoms with van der Waals surface area (Å²) in [4.78, 5) is 12.6. The quantitative estimate of drug-likeness (QED) is 0.428. The van der Waals surface area contributed by atoms with E-state index in [4.69, 9.17) is 0 Å². The first-order valence-corrected chi connectivity index (χ1v) is 8.14. The molecule has 1 rings (SSSR count). The minimum Gasteiger partial charge on any atom is -0.371 e. The number of hydrogen-bond donors (Lipinski definition) is 0. The van der Waals surface area contributed by atoms with E-state index in [0.717, 1.165) is 17.9 Å². The Labute approximate surface area is 125 Å². The molecular formula is C12H17IN2O2S. The van der Waals surface area contributed by atoms with Crippen LogP contribution < -0.4 is 4.90 Å². The third-order valence-electron chi connectivity index (χ3n) is 2.91. The van der Waals surface area contributed by atoms with Crippen molar-refractivity contribution in [1.29, 1.82) is 0 Å². The number of rotatable bonds is 6. The highest BCUT2D eigenvalue weighted by atomic mass is 127. The van der Waals surface area contributed by atoms with Gasteiger partial charge in [0.25, 0.3) is 5.69 Å². The molecule has 0 N–H and O–H groups in total. The Hall–Kier alpha value is -0.500. The van der Waals surface area contributed by atoms with Crippen molar-refractivity contribution in [2.24, 2.45) is 0 Å². The van der Waals surface area contributed by atoms with Gasteiger partial charge >= 0.3 is 0 Å². The number of anilines is 1. The molecule has 18 heavy (non-hydrogen) atoms. The molecule has 0 spiro atoms. The molecule has 0 fully saturated rings. The van der Waals surface area contributed by atoms with Gasteiger partial charge in [0.1, 0.15) is 0 Å². The van der Waals surface area contributed by atoms with Crippen LogP contribution in [-0.4, -0.2) is 30.0 Å². The van der Waals surface area contributed by atoms with Crippen LogP contribution in [-0.2, 0) is 0 Å². The van der Waals surface area contributed by atoms with Gasteiger partial charge in [-0.15, -0.1) is 0 Å². The third kappa shape index (κ3) is 3.74. The highest BCUT2D eigenvalue weighted by Crippen LogP contribution is 2.27. The summed E-state index contributed by atoms with van der Waals surface area (Å²) in [6.07, 6.45) is 3.15. The normalized spacial score (nSPS) is 12.2. The van der Waals surface area contributed by atoms with Crippen LogP contribution in [0.4, 0.5) is 11.4 Å². The van der Waals surface area contributed by atoms with Crippen LogP contribution in [0.25, 0.3) is 0 Å². The van der Waals surface area contributed by atoms with Crippen LogP contribution >= 0.6 is 34.4 Å². The Kier molecular flexibility index (Phi) is 6.20. The van der Waals surface area contributed by atoms with Gasteiger partial charge in [0.05, 0.1) is 8.49 Å². The summed E-state index contributed by atoms with van der Waals surface area (Å²) in [5.74, 6) is 1.06. The second-order valence-corrected chi connectivity index (χ2v) is 6.09. The van der Waals surface area contributed by atoms with Crippen LogP contribution in [0.15, 0.2) is 18.2 Å². The first-order valence-electron chi connectivity index (χ1n) is 5.67. The summed E-state index contributed by atoms with van der Waals surface area (Å²) in [6, 6.07) is 5.74. The molecule has 1 aromatic carbocycles. The van der Waals surface area contributed by atoms with Gasteiger partial charge in [-0.05, 0) is 47.4 Å². The summed E-state index contributed by atoms with van der Waals surface area (Å²) < 4.78 is 0.681. The largest absolute Gasteiger partial charge is 0.371 e. The molecule has 0 amide bonds. The number of benzene rings is 1. The number of thioether (sulfide) groups is 1. The van der Waals surface area contributed by atoms with Crippen molar-refractivity contribution < 1.29 is 4.92 Å². The van der Waals surface area contributed by atoms with Gasteiger partial charge in [-0.2, -0.15) is 11.8 Å². The van der Waals surface area contributed by atoms with Gasteiger partial charge in [0.2, 0.25) is 0 Å². The topological polar surface area (TPSA) is 46.4 Å². The minimum absolute atomic E-state index is 0.172. The molecule has 1 aromatic rings. The lowest BCUT2D eigenvalue weighted by molar-refractivity contribution is -0.385. The summed E-state index contributed by atoms with van der Waals surface area (Å²) in [5.41, 5.74) is 1.21. The van der Waals surface area contributed by atoms with E-state index >= 15 is 0 Å². The van der Waals surface area contributed by atoms with E-state index in [2.05, 4.69) is 18.1 Å². The first kappa shape index (κ1) is 15.6. The van der Waals surface area contributed by atoms with Crippen LogP contribution in [0.1, 0.15) is 13.3 Å². The molecule has 6 heteroatoms. The van der Waals surface area contributed by atoms with E-state index in [0.29, 0.717) is 9.61 Å². The monoisotopic (exact) mass is 380 g/mol. The molecule has 1 atom stereocenters. The Morgan fingerprint density at radius 1 is 1.56 bits per heavy atom. The van der Waals surface area contributed by atoms with Crippen molar-refractivity contribution in [3.05, 3.63) is 31.9 Å². The average molecular weight is 380 g/mol. The number of nitro groups is 1. The molecule has 0 saturated heterocycles. The molecule has 0 aliphatic heterocycles. The molecule has 0 bridgehead atoms. The molecule has 1 unspecified atom stereocenters. The zero-order valence-corrected chi connectivity index (χ0v) is 13.7. The van der Waals surface area contributed by atoms with Crippen LogP contribution in [0.2, 0.25) is 0 Å². The van der Waals surface area contributed by atoms with Crippen LogP contribution in [0.3, 0.4) is 0 Å². The minimum atomic E-state index is -0.343. The summed E-state index contributed by atoms with van der Waals surface area (Å²) >= 11 is 3.84. The van der Waals surface area contributed by atoms with Crippen molar-refractivity contribution in [3.8, 4) is 0 Å². The van der Waals surface area contributed by atoms with E-state index in [-0.39, 0.29) is 10.6 Å². The van der Waals surface area contributed by atoms with E-state index in [1.165, 1.54) is 0 Å². The van der Waals surface area contributed by atoms with E-state index in [1.807, 2.05) is 53.5 Å². The number of hydrogen-bond acceptors (Lipinski definition) is 4.